The Balaban J connectivity index is 1.61. The summed E-state index contributed by atoms with van der Waals surface area (Å²) in [6.45, 7) is 8.05. The highest BCUT2D eigenvalue weighted by atomic mass is 33.1. The number of nitrogens with one attached hydrogen (secondary N) is 1. The van der Waals surface area contributed by atoms with Crippen LogP contribution in [-0.2, 0) is 14.3 Å². The second-order valence-corrected chi connectivity index (χ2v) is 20.4. The molecule has 2 rings (SSSR count). The van der Waals surface area contributed by atoms with Crippen molar-refractivity contribution in [1.29, 1.82) is 0 Å². The first kappa shape index (κ1) is 57.3. The lowest BCUT2D eigenvalue weighted by molar-refractivity contribution is -0.180. The third kappa shape index (κ3) is 35.1. The van der Waals surface area contributed by atoms with Crippen LogP contribution in [0.2, 0.25) is 0 Å². The van der Waals surface area contributed by atoms with E-state index in [0.29, 0.717) is 13.0 Å². The van der Waals surface area contributed by atoms with E-state index in [2.05, 4.69) is 84.7 Å². The van der Waals surface area contributed by atoms with Gasteiger partial charge in [-0.15, -0.1) is 0 Å². The van der Waals surface area contributed by atoms with E-state index in [-0.39, 0.29) is 17.8 Å². The van der Waals surface area contributed by atoms with Gasteiger partial charge in [0.2, 0.25) is 5.91 Å². The Kier molecular flexibility index (Phi) is 38.9. The predicted octanol–water partition coefficient (Wildman–Crippen LogP) is 16.3. The van der Waals surface area contributed by atoms with Gasteiger partial charge in [-0.2, -0.15) is 0 Å². The van der Waals surface area contributed by atoms with E-state index in [1.165, 1.54) is 141 Å². The molecule has 360 valence electrons. The molecule has 0 aromatic carbocycles. The third-order valence-corrected chi connectivity index (χ3v) is 14.3. The molecular formula is C55H95N3O3S2. The fourth-order valence-electron chi connectivity index (χ4n) is 8.05. The van der Waals surface area contributed by atoms with Gasteiger partial charge < -0.3 is 19.7 Å². The molecule has 1 fully saturated rings. The van der Waals surface area contributed by atoms with E-state index >= 15 is 0 Å². The van der Waals surface area contributed by atoms with E-state index < -0.39 is 0 Å². The number of carbonyl (C=O) groups is 1. The highest BCUT2D eigenvalue weighted by Gasteiger charge is 2.40. The Morgan fingerprint density at radius 2 is 1.24 bits per heavy atom. The normalized spacial score (nSPS) is 16.9. The Bertz CT molecular complexity index is 1240. The molecule has 0 bridgehead atoms. The zero-order chi connectivity index (χ0) is 45.0. The van der Waals surface area contributed by atoms with Crippen molar-refractivity contribution in [2.75, 3.05) is 39.0 Å². The van der Waals surface area contributed by atoms with Gasteiger partial charge in [0.1, 0.15) is 5.03 Å². The van der Waals surface area contributed by atoms with Crippen LogP contribution in [0.25, 0.3) is 0 Å². The van der Waals surface area contributed by atoms with Gasteiger partial charge in [-0.1, -0.05) is 163 Å². The molecule has 1 unspecified atom stereocenters. The minimum absolute atomic E-state index is 0.166. The summed E-state index contributed by atoms with van der Waals surface area (Å²) in [6.07, 6.45) is 58.2. The zero-order valence-electron chi connectivity index (χ0n) is 40.9. The largest absolute Gasteiger partial charge is 0.355 e. The average Bonchev–Trinajstić information content (AvgIpc) is 3.70. The van der Waals surface area contributed by atoms with Crippen molar-refractivity contribution in [1.82, 2.24) is 15.2 Å². The molecule has 0 radical (unpaired) electrons. The highest BCUT2D eigenvalue weighted by molar-refractivity contribution is 8.76. The first-order valence-corrected chi connectivity index (χ1v) is 28.5. The van der Waals surface area contributed by atoms with Crippen LogP contribution in [0.15, 0.2) is 78.0 Å². The van der Waals surface area contributed by atoms with Crippen LogP contribution in [0.5, 0.6) is 0 Å². The van der Waals surface area contributed by atoms with Gasteiger partial charge in [-0.25, -0.2) is 4.98 Å². The van der Waals surface area contributed by atoms with Gasteiger partial charge in [-0.3, -0.25) is 4.79 Å². The van der Waals surface area contributed by atoms with Crippen LogP contribution >= 0.6 is 21.6 Å². The maximum Gasteiger partial charge on any atom is 0.220 e. The molecule has 1 saturated heterocycles. The second kappa shape index (κ2) is 42.8. The van der Waals surface area contributed by atoms with Gasteiger partial charge in [0.25, 0.3) is 0 Å². The molecule has 63 heavy (non-hydrogen) atoms. The Hall–Kier alpha value is -1.84. The average molecular weight is 911 g/mol. The molecule has 1 atom stereocenters. The number of carbonyl (C=O) groups excluding carboxylic acids is 1. The summed E-state index contributed by atoms with van der Waals surface area (Å²) in [5, 5.41) is 4.08. The van der Waals surface area contributed by atoms with Gasteiger partial charge in [0.05, 0.1) is 12.7 Å². The number of aromatic nitrogens is 1. The smallest absolute Gasteiger partial charge is 0.220 e. The molecule has 1 amide bonds. The Labute approximate surface area is 396 Å². The molecule has 2 heterocycles. The lowest BCUT2D eigenvalue weighted by Crippen LogP contribution is -2.32. The highest BCUT2D eigenvalue weighted by Crippen LogP contribution is 2.36. The first-order valence-electron chi connectivity index (χ1n) is 26.1. The molecular weight excluding hydrogens is 815 g/mol. The maximum absolute atomic E-state index is 12.3. The van der Waals surface area contributed by atoms with Gasteiger partial charge in [0.15, 0.2) is 5.79 Å². The lowest BCUT2D eigenvalue weighted by atomic mass is 9.98. The predicted molar refractivity (Wildman–Crippen MR) is 278 cm³/mol. The number of hydrogen-bond acceptors (Lipinski definition) is 7. The van der Waals surface area contributed by atoms with Crippen LogP contribution in [0.4, 0.5) is 0 Å². The van der Waals surface area contributed by atoms with Crippen molar-refractivity contribution >= 4 is 27.5 Å². The molecule has 1 aromatic rings. The van der Waals surface area contributed by atoms with E-state index in [4.69, 9.17) is 9.47 Å². The van der Waals surface area contributed by atoms with Crippen LogP contribution in [0.1, 0.15) is 213 Å². The summed E-state index contributed by atoms with van der Waals surface area (Å²) in [4.78, 5) is 19.1. The molecule has 1 aliphatic rings. The molecule has 0 saturated carbocycles. The maximum atomic E-state index is 12.3. The second-order valence-electron chi connectivity index (χ2n) is 18.0. The summed E-state index contributed by atoms with van der Waals surface area (Å²) >= 11 is 0. The Morgan fingerprint density at radius 1 is 0.698 bits per heavy atom. The van der Waals surface area contributed by atoms with E-state index in [1.54, 1.807) is 21.6 Å². The van der Waals surface area contributed by atoms with Crippen molar-refractivity contribution in [3.63, 3.8) is 0 Å². The van der Waals surface area contributed by atoms with Crippen LogP contribution in [-0.4, -0.2) is 66.7 Å². The number of rotatable bonds is 44. The summed E-state index contributed by atoms with van der Waals surface area (Å²) < 4.78 is 13.5. The monoisotopic (exact) mass is 910 g/mol. The standard InChI is InChI=1S/C55H95N3O3S2/c1-4-6-8-10-12-14-16-18-20-22-24-26-28-30-32-37-44-55(45-38-33-31-29-27-25-23-21-19-17-15-13-11-9-7-5-2)60-51-52(61-55)43-49-58(3)48-40-34-35-41-53(59)56-47-50-62-63-54-42-36-39-46-57-54/h12-15,18-21,36,39,42,46,52H,4-11,16-17,22-35,37-38,40-41,43-45,47-51H2,1-3H3,(H,56,59). The van der Waals surface area contributed by atoms with Crippen molar-refractivity contribution in [2.24, 2.45) is 0 Å². The van der Waals surface area contributed by atoms with E-state index in [1.807, 2.05) is 24.4 Å². The minimum atomic E-state index is -0.384. The van der Waals surface area contributed by atoms with E-state index in [0.717, 1.165) is 81.8 Å². The zero-order valence-corrected chi connectivity index (χ0v) is 42.5. The van der Waals surface area contributed by atoms with Gasteiger partial charge in [0, 0.05) is 44.3 Å². The van der Waals surface area contributed by atoms with Gasteiger partial charge in [-0.05, 0) is 133 Å². The number of ether oxygens (including phenoxy) is 2. The lowest BCUT2D eigenvalue weighted by Gasteiger charge is -2.29. The molecule has 1 N–H and O–H groups in total. The minimum Gasteiger partial charge on any atom is -0.355 e. The van der Waals surface area contributed by atoms with E-state index in [9.17, 15) is 4.79 Å². The van der Waals surface area contributed by atoms with Crippen LogP contribution in [0, 0.1) is 0 Å². The summed E-state index contributed by atoms with van der Waals surface area (Å²) in [5.74, 6) is 0.659. The molecule has 8 heteroatoms. The fraction of sp³-hybridized carbons (Fsp3) is 0.745. The fourth-order valence-corrected chi connectivity index (χ4v) is 9.84. The summed E-state index contributed by atoms with van der Waals surface area (Å²) in [6, 6.07) is 5.94. The van der Waals surface area contributed by atoms with Crippen LogP contribution in [0.3, 0.4) is 0 Å². The molecule has 0 aliphatic carbocycles. The molecule has 6 nitrogen and oxygen atoms in total. The molecule has 1 aliphatic heterocycles. The van der Waals surface area contributed by atoms with Crippen LogP contribution < -0.4 is 5.32 Å². The number of pyridine rings is 1. The molecule has 1 aromatic heterocycles. The quantitative estimate of drug-likeness (QED) is 0.0397. The third-order valence-electron chi connectivity index (χ3n) is 12.0. The molecule has 0 spiro atoms. The number of hydrogen-bond donors (Lipinski definition) is 1. The van der Waals surface area contributed by atoms with Crippen molar-refractivity contribution < 1.29 is 14.3 Å². The number of allylic oxidation sites excluding steroid dienone is 8. The first-order chi connectivity index (χ1) is 31.1. The van der Waals surface area contributed by atoms with Gasteiger partial charge >= 0.3 is 0 Å². The number of amides is 1. The summed E-state index contributed by atoms with van der Waals surface area (Å²) in [7, 11) is 5.62. The number of nitrogens with zero attached hydrogens (tertiary/aromatic N) is 2. The summed E-state index contributed by atoms with van der Waals surface area (Å²) in [5.41, 5.74) is 0. The van der Waals surface area contributed by atoms with Crippen molar-refractivity contribution in [2.45, 2.75) is 230 Å². The topological polar surface area (TPSA) is 63.7 Å². The number of unbranched alkanes of at least 4 members (excludes halogenated alkanes) is 20. The Morgan fingerprint density at radius 3 is 1.79 bits per heavy atom. The van der Waals surface area contributed by atoms with Crippen molar-refractivity contribution in [3.05, 3.63) is 73.0 Å². The SMILES string of the molecule is CCCCCC=CCC=CCCCCCCCCC1(CCCCCCCCC=CCC=CCCCCC)OCC(CCN(C)CCCCCC(=O)NCCSSc2ccccn2)O1. The van der Waals surface area contributed by atoms with Crippen molar-refractivity contribution in [3.8, 4) is 0 Å².